The van der Waals surface area contributed by atoms with Gasteiger partial charge < -0.3 is 9.47 Å². The first kappa shape index (κ1) is 27.2. The highest BCUT2D eigenvalue weighted by atomic mass is 32.2. The number of hydrogen-bond donors (Lipinski definition) is 0. The van der Waals surface area contributed by atoms with E-state index in [-0.39, 0.29) is 11.9 Å². The SMILES string of the molecule is COc1cc(/C=C2\SC(=Nc3ccccc3)N([C@@H]3CCCC[C@H]3C)C2=O)ccc1OCc1cccc2ccccc12. The predicted octanol–water partition coefficient (Wildman–Crippen LogP) is 8.61. The van der Waals surface area contributed by atoms with Crippen molar-refractivity contribution in [2.75, 3.05) is 7.11 Å². The van der Waals surface area contributed by atoms with Crippen LogP contribution in [0.25, 0.3) is 16.8 Å². The smallest absolute Gasteiger partial charge is 0.267 e. The van der Waals surface area contributed by atoms with E-state index in [0.717, 1.165) is 41.2 Å². The summed E-state index contributed by atoms with van der Waals surface area (Å²) in [4.78, 5) is 21.4. The molecule has 1 saturated heterocycles. The summed E-state index contributed by atoms with van der Waals surface area (Å²) >= 11 is 1.45. The number of amides is 1. The van der Waals surface area contributed by atoms with Crippen molar-refractivity contribution in [2.24, 2.45) is 10.9 Å². The number of amidine groups is 1. The first-order valence-electron chi connectivity index (χ1n) is 14.2. The molecule has 0 spiro atoms. The van der Waals surface area contributed by atoms with Crippen LogP contribution in [0.2, 0.25) is 0 Å². The van der Waals surface area contributed by atoms with Gasteiger partial charge in [0.1, 0.15) is 6.61 Å². The number of nitrogens with zero attached hydrogens (tertiary/aromatic N) is 2. The molecule has 2 atom stereocenters. The minimum Gasteiger partial charge on any atom is -0.493 e. The van der Waals surface area contributed by atoms with Crippen molar-refractivity contribution in [3.05, 3.63) is 107 Å². The van der Waals surface area contributed by atoms with Gasteiger partial charge in [-0.25, -0.2) is 4.99 Å². The largest absolute Gasteiger partial charge is 0.493 e. The highest BCUT2D eigenvalue weighted by molar-refractivity contribution is 8.18. The van der Waals surface area contributed by atoms with Gasteiger partial charge in [-0.3, -0.25) is 9.69 Å². The number of thioether (sulfide) groups is 1. The predicted molar refractivity (Wildman–Crippen MR) is 169 cm³/mol. The molecule has 41 heavy (non-hydrogen) atoms. The lowest BCUT2D eigenvalue weighted by atomic mass is 9.85. The van der Waals surface area contributed by atoms with Crippen LogP contribution in [-0.2, 0) is 11.4 Å². The average molecular weight is 563 g/mol. The van der Waals surface area contributed by atoms with Crippen LogP contribution >= 0.6 is 11.8 Å². The zero-order chi connectivity index (χ0) is 28.2. The molecule has 1 heterocycles. The van der Waals surface area contributed by atoms with Gasteiger partial charge in [0.2, 0.25) is 0 Å². The van der Waals surface area contributed by atoms with Crippen molar-refractivity contribution >= 4 is 45.4 Å². The number of ether oxygens (including phenoxy) is 2. The van der Waals surface area contributed by atoms with Crippen molar-refractivity contribution in [1.82, 2.24) is 4.90 Å². The first-order chi connectivity index (χ1) is 20.1. The molecule has 4 aromatic carbocycles. The van der Waals surface area contributed by atoms with Gasteiger partial charge in [0.05, 0.1) is 17.7 Å². The number of carbonyl (C=O) groups is 1. The molecule has 0 radical (unpaired) electrons. The molecule has 1 aliphatic carbocycles. The Labute approximate surface area is 245 Å². The van der Waals surface area contributed by atoms with Crippen LogP contribution in [-0.4, -0.2) is 29.1 Å². The van der Waals surface area contributed by atoms with Crippen molar-refractivity contribution in [1.29, 1.82) is 0 Å². The quantitative estimate of drug-likeness (QED) is 0.212. The standard InChI is InChI=1S/C35H34N2O3S/c1-24-11-6-9-18-30(24)37-34(38)33(41-35(37)36-28-15-4-3-5-16-28)22-25-19-20-31(32(21-25)39-2)40-23-27-14-10-13-26-12-7-8-17-29(26)27/h3-5,7-8,10,12-17,19-22,24,30H,6,9,11,18,23H2,1-2H3/b33-22-,36-35?/t24-,30-/m1/s1. The lowest BCUT2D eigenvalue weighted by Crippen LogP contribution is -2.44. The van der Waals surface area contributed by atoms with Crippen molar-refractivity contribution < 1.29 is 14.3 Å². The van der Waals surface area contributed by atoms with E-state index in [0.29, 0.717) is 28.9 Å². The summed E-state index contributed by atoms with van der Waals surface area (Å²) in [5.41, 5.74) is 2.85. The molecule has 6 rings (SSSR count). The number of rotatable bonds is 7. The average Bonchev–Trinajstić information content (AvgIpc) is 3.30. The van der Waals surface area contributed by atoms with Gasteiger partial charge in [-0.2, -0.15) is 0 Å². The van der Waals surface area contributed by atoms with Crippen LogP contribution in [0.3, 0.4) is 0 Å². The number of fused-ring (bicyclic) bond motifs is 1. The minimum atomic E-state index is 0.0266. The zero-order valence-corrected chi connectivity index (χ0v) is 24.3. The van der Waals surface area contributed by atoms with Gasteiger partial charge in [0.25, 0.3) is 5.91 Å². The minimum absolute atomic E-state index is 0.0266. The van der Waals surface area contributed by atoms with E-state index < -0.39 is 0 Å². The fourth-order valence-corrected chi connectivity index (χ4v) is 6.81. The molecule has 1 saturated carbocycles. The number of para-hydroxylation sites is 1. The second-order valence-corrected chi connectivity index (χ2v) is 11.7. The molecule has 1 amide bonds. The molecule has 5 nitrogen and oxygen atoms in total. The molecule has 2 aliphatic rings. The van der Waals surface area contributed by atoms with E-state index in [2.05, 4.69) is 37.3 Å². The third-order valence-electron chi connectivity index (χ3n) is 7.96. The van der Waals surface area contributed by atoms with E-state index in [9.17, 15) is 4.79 Å². The lowest BCUT2D eigenvalue weighted by molar-refractivity contribution is -0.124. The Kier molecular flexibility index (Phi) is 8.10. The second kappa shape index (κ2) is 12.2. The van der Waals surface area contributed by atoms with Crippen LogP contribution < -0.4 is 9.47 Å². The Balaban J connectivity index is 1.26. The van der Waals surface area contributed by atoms with Crippen LogP contribution in [0, 0.1) is 5.92 Å². The number of benzene rings is 4. The van der Waals surface area contributed by atoms with E-state index in [1.165, 1.54) is 29.0 Å². The van der Waals surface area contributed by atoms with Crippen LogP contribution in [0.5, 0.6) is 11.5 Å². The van der Waals surface area contributed by atoms with Crippen LogP contribution in [0.15, 0.2) is 101 Å². The topological polar surface area (TPSA) is 51.1 Å². The summed E-state index contributed by atoms with van der Waals surface area (Å²) in [5.74, 6) is 1.76. The van der Waals surface area contributed by atoms with Gasteiger partial charge in [0, 0.05) is 6.04 Å². The fraction of sp³-hybridized carbons (Fsp3) is 0.257. The Bertz CT molecular complexity index is 1610. The van der Waals surface area contributed by atoms with Crippen molar-refractivity contribution in [2.45, 2.75) is 45.3 Å². The van der Waals surface area contributed by atoms with E-state index in [4.69, 9.17) is 14.5 Å². The zero-order valence-electron chi connectivity index (χ0n) is 23.5. The molecule has 0 bridgehead atoms. The van der Waals surface area contributed by atoms with Gasteiger partial charge in [0.15, 0.2) is 16.7 Å². The third kappa shape index (κ3) is 5.89. The molecular formula is C35H34N2O3S. The van der Waals surface area contributed by atoms with Gasteiger partial charge >= 0.3 is 0 Å². The van der Waals surface area contributed by atoms with Gasteiger partial charge in [-0.05, 0) is 82.8 Å². The van der Waals surface area contributed by atoms with Crippen molar-refractivity contribution in [3.8, 4) is 11.5 Å². The Morgan fingerprint density at radius 1 is 0.927 bits per heavy atom. The number of hydrogen-bond acceptors (Lipinski definition) is 5. The maximum Gasteiger partial charge on any atom is 0.267 e. The highest BCUT2D eigenvalue weighted by Crippen LogP contribution is 2.41. The van der Waals surface area contributed by atoms with Crippen LogP contribution in [0.4, 0.5) is 5.69 Å². The summed E-state index contributed by atoms with van der Waals surface area (Å²) in [7, 11) is 1.64. The summed E-state index contributed by atoms with van der Waals surface area (Å²) < 4.78 is 11.9. The molecule has 0 unspecified atom stereocenters. The normalized spacial score (nSPS) is 21.1. The van der Waals surface area contributed by atoms with Gasteiger partial charge in [-0.1, -0.05) is 86.5 Å². The molecule has 208 valence electrons. The van der Waals surface area contributed by atoms with Crippen LogP contribution in [0.1, 0.15) is 43.7 Å². The number of carbonyl (C=O) groups excluding carboxylic acids is 1. The number of methoxy groups -OCH3 is 1. The summed E-state index contributed by atoms with van der Waals surface area (Å²) in [6.45, 7) is 2.69. The van der Waals surface area contributed by atoms with E-state index in [1.807, 2.05) is 71.6 Å². The molecular weight excluding hydrogens is 528 g/mol. The monoisotopic (exact) mass is 562 g/mol. The molecule has 1 aliphatic heterocycles. The molecule has 0 N–H and O–H groups in total. The Morgan fingerprint density at radius 2 is 1.71 bits per heavy atom. The Hall–Kier alpha value is -4.03. The fourth-order valence-electron chi connectivity index (χ4n) is 5.77. The molecule has 4 aromatic rings. The summed E-state index contributed by atoms with van der Waals surface area (Å²) in [5, 5.41) is 3.12. The highest BCUT2D eigenvalue weighted by Gasteiger charge is 2.41. The second-order valence-electron chi connectivity index (χ2n) is 10.7. The maximum atomic E-state index is 13.8. The lowest BCUT2D eigenvalue weighted by Gasteiger charge is -2.35. The van der Waals surface area contributed by atoms with Crippen molar-refractivity contribution in [3.63, 3.8) is 0 Å². The summed E-state index contributed by atoms with van der Waals surface area (Å²) in [6.07, 6.45) is 6.44. The van der Waals surface area contributed by atoms with E-state index >= 15 is 0 Å². The first-order valence-corrected chi connectivity index (χ1v) is 15.1. The summed E-state index contributed by atoms with van der Waals surface area (Å²) in [6, 6.07) is 30.4. The maximum absolute atomic E-state index is 13.8. The Morgan fingerprint density at radius 3 is 2.54 bits per heavy atom. The molecule has 0 aromatic heterocycles. The van der Waals surface area contributed by atoms with E-state index in [1.54, 1.807) is 7.11 Å². The molecule has 6 heteroatoms. The number of aliphatic imine (C=N–C) groups is 1. The van der Waals surface area contributed by atoms with Gasteiger partial charge in [-0.15, -0.1) is 0 Å². The molecule has 2 fully saturated rings. The third-order valence-corrected chi connectivity index (χ3v) is 8.95.